The number of hydrogen-bond donors (Lipinski definition) is 1. The summed E-state index contributed by atoms with van der Waals surface area (Å²) in [5.74, 6) is 0.857. The van der Waals surface area contributed by atoms with Gasteiger partial charge in [-0.15, -0.1) is 0 Å². The average molecular weight is 446 g/mol. The molecule has 8 heteroatoms. The van der Waals surface area contributed by atoms with Crippen LogP contribution in [0.15, 0.2) is 52.0 Å². The second-order valence-electron chi connectivity index (χ2n) is 8.32. The second-order valence-corrected chi connectivity index (χ2v) is 10.3. The molecule has 0 radical (unpaired) electrons. The predicted octanol–water partition coefficient (Wildman–Crippen LogP) is 3.06. The summed E-state index contributed by atoms with van der Waals surface area (Å²) in [6.45, 7) is 4.04. The van der Waals surface area contributed by atoms with Crippen molar-refractivity contribution >= 4 is 15.8 Å². The molecule has 0 spiro atoms. The van der Waals surface area contributed by atoms with E-state index >= 15 is 0 Å². The van der Waals surface area contributed by atoms with Gasteiger partial charge in [0.1, 0.15) is 5.76 Å². The van der Waals surface area contributed by atoms with Crippen molar-refractivity contribution in [1.82, 2.24) is 14.5 Å². The number of nitrogens with zero attached hydrogens (tertiary/aromatic N) is 2. The number of ketones is 1. The van der Waals surface area contributed by atoms with Crippen LogP contribution in [0.3, 0.4) is 0 Å². The largest absolute Gasteiger partial charge is 0.468 e. The predicted molar refractivity (Wildman–Crippen MR) is 119 cm³/mol. The Hall–Kier alpha value is -2.00. The molecular weight excluding hydrogens is 414 g/mol. The van der Waals surface area contributed by atoms with Crippen LogP contribution >= 0.6 is 0 Å². The van der Waals surface area contributed by atoms with Crippen molar-refractivity contribution in [2.75, 3.05) is 39.3 Å². The van der Waals surface area contributed by atoms with E-state index in [4.69, 9.17) is 4.42 Å². The third kappa shape index (κ3) is 5.26. The Morgan fingerprint density at radius 2 is 1.65 bits per heavy atom. The number of likely N-dealkylation sites (tertiary alicyclic amines) is 1. The molecular formula is C23H31N3O4S. The Balaban J connectivity index is 1.34. The second kappa shape index (κ2) is 10.1. The molecule has 2 aliphatic rings. The van der Waals surface area contributed by atoms with E-state index in [9.17, 15) is 13.2 Å². The average Bonchev–Trinajstić information content (AvgIpc) is 3.52. The topological polar surface area (TPSA) is 82.9 Å². The van der Waals surface area contributed by atoms with Crippen LogP contribution in [0.2, 0.25) is 0 Å². The number of carbonyl (C=O) groups is 1. The number of sulfonamides is 1. The van der Waals surface area contributed by atoms with E-state index in [1.54, 1.807) is 34.8 Å². The smallest absolute Gasteiger partial charge is 0.243 e. The van der Waals surface area contributed by atoms with Gasteiger partial charge in [-0.25, -0.2) is 8.42 Å². The Kier molecular flexibility index (Phi) is 7.22. The van der Waals surface area contributed by atoms with Gasteiger partial charge in [-0.2, -0.15) is 4.31 Å². The van der Waals surface area contributed by atoms with Crippen molar-refractivity contribution in [2.45, 2.75) is 43.0 Å². The minimum Gasteiger partial charge on any atom is -0.468 e. The summed E-state index contributed by atoms with van der Waals surface area (Å²) in [7, 11) is -3.48. The molecule has 0 aliphatic carbocycles. The van der Waals surface area contributed by atoms with Crippen LogP contribution in [-0.4, -0.2) is 62.7 Å². The molecule has 1 unspecified atom stereocenters. The lowest BCUT2D eigenvalue weighted by atomic mass is 10.1. The fraction of sp³-hybridized carbons (Fsp3) is 0.522. The van der Waals surface area contributed by atoms with Crippen molar-refractivity contribution in [3.05, 3.63) is 54.0 Å². The van der Waals surface area contributed by atoms with Gasteiger partial charge in [0, 0.05) is 25.2 Å². The molecule has 7 nitrogen and oxygen atoms in total. The molecule has 2 saturated heterocycles. The van der Waals surface area contributed by atoms with Gasteiger partial charge in [-0.1, -0.05) is 18.6 Å². The van der Waals surface area contributed by atoms with Gasteiger partial charge in [0.05, 0.1) is 23.7 Å². The maximum Gasteiger partial charge on any atom is 0.243 e. The highest BCUT2D eigenvalue weighted by Crippen LogP contribution is 2.25. The van der Waals surface area contributed by atoms with Gasteiger partial charge in [-0.3, -0.25) is 9.69 Å². The van der Waals surface area contributed by atoms with Gasteiger partial charge in [0.2, 0.25) is 10.0 Å². The summed E-state index contributed by atoms with van der Waals surface area (Å²) in [6.07, 6.45) is 6.93. The van der Waals surface area contributed by atoms with Crippen molar-refractivity contribution in [2.24, 2.45) is 0 Å². The first-order valence-corrected chi connectivity index (χ1v) is 12.6. The quantitative estimate of drug-likeness (QED) is 0.598. The minimum atomic E-state index is -3.48. The zero-order chi connectivity index (χ0) is 21.7. The Labute approximate surface area is 184 Å². The molecule has 2 aliphatic heterocycles. The van der Waals surface area contributed by atoms with Crippen molar-refractivity contribution in [3.63, 3.8) is 0 Å². The number of hydrogen-bond acceptors (Lipinski definition) is 6. The summed E-state index contributed by atoms with van der Waals surface area (Å²) < 4.78 is 32.7. The van der Waals surface area contributed by atoms with E-state index < -0.39 is 10.0 Å². The molecule has 2 aromatic rings. The van der Waals surface area contributed by atoms with Crippen LogP contribution in [0.4, 0.5) is 0 Å². The van der Waals surface area contributed by atoms with Crippen LogP contribution in [0, 0.1) is 0 Å². The summed E-state index contributed by atoms with van der Waals surface area (Å²) >= 11 is 0. The third-order valence-electron chi connectivity index (χ3n) is 6.21. The molecule has 0 bridgehead atoms. The lowest BCUT2D eigenvalue weighted by molar-refractivity contribution is 0.0986. The highest BCUT2D eigenvalue weighted by molar-refractivity contribution is 7.89. The third-order valence-corrected chi connectivity index (χ3v) is 8.12. The lowest BCUT2D eigenvalue weighted by Gasteiger charge is -2.26. The van der Waals surface area contributed by atoms with Gasteiger partial charge >= 0.3 is 0 Å². The zero-order valence-electron chi connectivity index (χ0n) is 17.8. The Morgan fingerprint density at radius 3 is 2.29 bits per heavy atom. The maximum atomic E-state index is 12.8. The van der Waals surface area contributed by atoms with E-state index in [1.807, 2.05) is 12.1 Å². The van der Waals surface area contributed by atoms with Crippen LogP contribution in [0.1, 0.15) is 54.3 Å². The van der Waals surface area contributed by atoms with Crippen LogP contribution < -0.4 is 5.32 Å². The molecule has 3 heterocycles. The van der Waals surface area contributed by atoms with Gasteiger partial charge in [0.25, 0.3) is 0 Å². The van der Waals surface area contributed by atoms with Crippen LogP contribution in [0.25, 0.3) is 0 Å². The molecule has 2 fully saturated rings. The lowest BCUT2D eigenvalue weighted by Crippen LogP contribution is -2.36. The molecule has 1 atom stereocenters. The van der Waals surface area contributed by atoms with Gasteiger partial charge < -0.3 is 9.73 Å². The first-order chi connectivity index (χ1) is 15.1. The van der Waals surface area contributed by atoms with Gasteiger partial charge in [0.15, 0.2) is 5.78 Å². The van der Waals surface area contributed by atoms with E-state index in [2.05, 4.69) is 10.2 Å². The molecule has 1 aromatic carbocycles. The van der Waals surface area contributed by atoms with Crippen LogP contribution in [0.5, 0.6) is 0 Å². The number of Topliss-reactive ketones (excluding diaryl/α,β-unsaturated/α-hetero) is 1. The molecule has 0 saturated carbocycles. The monoisotopic (exact) mass is 445 g/mol. The van der Waals surface area contributed by atoms with E-state index in [1.165, 1.54) is 12.8 Å². The SMILES string of the molecule is O=C(CNCC(c1ccco1)N1CCCC1)c1ccc(S(=O)(=O)N2CCCCC2)cc1. The zero-order valence-corrected chi connectivity index (χ0v) is 18.6. The first kappa shape index (κ1) is 22.2. The first-order valence-electron chi connectivity index (χ1n) is 11.2. The molecule has 0 amide bonds. The maximum absolute atomic E-state index is 12.8. The van der Waals surface area contributed by atoms with Crippen molar-refractivity contribution < 1.29 is 17.6 Å². The Morgan fingerprint density at radius 1 is 0.968 bits per heavy atom. The summed E-state index contributed by atoms with van der Waals surface area (Å²) in [5.41, 5.74) is 0.515. The standard InChI is InChI=1S/C23H31N3O4S/c27-22(18-24-17-21(23-7-6-16-30-23)25-12-4-5-13-25)19-8-10-20(11-9-19)31(28,29)26-14-2-1-3-15-26/h6-11,16,21,24H,1-5,12-15,17-18H2. The fourth-order valence-electron chi connectivity index (χ4n) is 4.44. The molecule has 4 rings (SSSR count). The Bertz CT molecular complexity index is 945. The fourth-order valence-corrected chi connectivity index (χ4v) is 5.95. The number of furan rings is 1. The van der Waals surface area contributed by atoms with E-state index in [0.717, 1.165) is 38.1 Å². The number of rotatable bonds is 9. The minimum absolute atomic E-state index is 0.0541. The number of piperidine rings is 1. The number of carbonyl (C=O) groups excluding carboxylic acids is 1. The highest BCUT2D eigenvalue weighted by atomic mass is 32.2. The number of nitrogens with one attached hydrogen (secondary N) is 1. The molecule has 31 heavy (non-hydrogen) atoms. The van der Waals surface area contributed by atoms with Crippen molar-refractivity contribution in [1.29, 1.82) is 0 Å². The van der Waals surface area contributed by atoms with Gasteiger partial charge in [-0.05, 0) is 63.0 Å². The van der Waals surface area contributed by atoms with E-state index in [0.29, 0.717) is 25.2 Å². The summed E-state index contributed by atoms with van der Waals surface area (Å²) in [4.78, 5) is 15.3. The molecule has 1 N–H and O–H groups in total. The summed E-state index contributed by atoms with van der Waals surface area (Å²) in [5, 5.41) is 3.27. The van der Waals surface area contributed by atoms with Crippen LogP contribution in [-0.2, 0) is 10.0 Å². The highest BCUT2D eigenvalue weighted by Gasteiger charge is 2.27. The summed E-state index contributed by atoms with van der Waals surface area (Å²) in [6, 6.07) is 10.3. The normalized spacial score (nSPS) is 19.5. The molecule has 1 aromatic heterocycles. The molecule has 168 valence electrons. The number of benzene rings is 1. The van der Waals surface area contributed by atoms with E-state index in [-0.39, 0.29) is 23.3 Å². The van der Waals surface area contributed by atoms with Crippen molar-refractivity contribution in [3.8, 4) is 0 Å².